The topological polar surface area (TPSA) is 37.8 Å². The molecule has 1 atom stereocenters. The lowest BCUT2D eigenvalue weighted by Crippen LogP contribution is -1.98. The highest BCUT2D eigenvalue weighted by Crippen LogP contribution is 2.22. The normalized spacial score (nSPS) is 12.7. The maximum absolute atomic E-state index is 4.18. The van der Waals surface area contributed by atoms with E-state index in [-0.39, 0.29) is 0 Å². The standard InChI is InChI=1S/C11H21N3S2/c1-4-6-12-11-14-13-10(16-11)8-15-7-9(3)5-2/h9H,4-8H2,1-3H3,(H,12,14). The van der Waals surface area contributed by atoms with Crippen LogP contribution in [0.5, 0.6) is 0 Å². The molecule has 0 radical (unpaired) electrons. The number of nitrogens with zero attached hydrogens (tertiary/aromatic N) is 2. The Kier molecular flexibility index (Phi) is 6.80. The van der Waals surface area contributed by atoms with E-state index in [0.29, 0.717) is 0 Å². The average molecular weight is 259 g/mol. The van der Waals surface area contributed by atoms with Crippen molar-refractivity contribution >= 4 is 28.2 Å². The number of aromatic nitrogens is 2. The minimum Gasteiger partial charge on any atom is -0.360 e. The largest absolute Gasteiger partial charge is 0.360 e. The molecule has 3 nitrogen and oxygen atoms in total. The quantitative estimate of drug-likeness (QED) is 0.773. The predicted octanol–water partition coefficient (Wildman–Crippen LogP) is 3.64. The van der Waals surface area contributed by atoms with E-state index < -0.39 is 0 Å². The first-order valence-electron chi connectivity index (χ1n) is 5.90. The average Bonchev–Trinajstić information content (AvgIpc) is 2.74. The van der Waals surface area contributed by atoms with Crippen LogP contribution in [-0.2, 0) is 5.75 Å². The van der Waals surface area contributed by atoms with Crippen molar-refractivity contribution in [2.75, 3.05) is 17.6 Å². The van der Waals surface area contributed by atoms with Crippen LogP contribution in [0.2, 0.25) is 0 Å². The summed E-state index contributed by atoms with van der Waals surface area (Å²) in [5.41, 5.74) is 0. The molecule has 0 aliphatic rings. The third kappa shape index (κ3) is 5.16. The molecule has 0 saturated heterocycles. The van der Waals surface area contributed by atoms with Gasteiger partial charge >= 0.3 is 0 Å². The first-order valence-corrected chi connectivity index (χ1v) is 7.87. The summed E-state index contributed by atoms with van der Waals surface area (Å²) in [4.78, 5) is 0. The predicted molar refractivity (Wildman–Crippen MR) is 74.3 cm³/mol. The molecule has 1 heterocycles. The number of hydrogen-bond acceptors (Lipinski definition) is 5. The van der Waals surface area contributed by atoms with Crippen LogP contribution in [0.25, 0.3) is 0 Å². The zero-order valence-corrected chi connectivity index (χ0v) is 12.0. The summed E-state index contributed by atoms with van der Waals surface area (Å²) < 4.78 is 0. The molecule has 0 bridgehead atoms. The third-order valence-electron chi connectivity index (χ3n) is 2.32. The highest BCUT2D eigenvalue weighted by atomic mass is 32.2. The number of thioether (sulfide) groups is 1. The van der Waals surface area contributed by atoms with Gasteiger partial charge in [-0.25, -0.2) is 0 Å². The summed E-state index contributed by atoms with van der Waals surface area (Å²) in [5, 5.41) is 13.6. The summed E-state index contributed by atoms with van der Waals surface area (Å²) in [6.45, 7) is 7.66. The summed E-state index contributed by atoms with van der Waals surface area (Å²) in [7, 11) is 0. The third-order valence-corrected chi connectivity index (χ3v) is 4.66. The number of anilines is 1. The van der Waals surface area contributed by atoms with Crippen molar-refractivity contribution in [2.24, 2.45) is 5.92 Å². The fourth-order valence-electron chi connectivity index (χ4n) is 1.08. The molecule has 0 aliphatic carbocycles. The van der Waals surface area contributed by atoms with Crippen LogP contribution >= 0.6 is 23.1 Å². The van der Waals surface area contributed by atoms with Crippen LogP contribution in [0.15, 0.2) is 0 Å². The van der Waals surface area contributed by atoms with Gasteiger partial charge in [0.05, 0.1) is 0 Å². The molecule has 0 aliphatic heterocycles. The molecule has 1 N–H and O–H groups in total. The van der Waals surface area contributed by atoms with Crippen molar-refractivity contribution in [3.8, 4) is 0 Å². The zero-order chi connectivity index (χ0) is 11.8. The lowest BCUT2D eigenvalue weighted by atomic mass is 10.2. The molecule has 0 spiro atoms. The van der Waals surface area contributed by atoms with Gasteiger partial charge < -0.3 is 5.32 Å². The van der Waals surface area contributed by atoms with E-state index in [1.54, 1.807) is 11.3 Å². The van der Waals surface area contributed by atoms with Crippen LogP contribution in [-0.4, -0.2) is 22.5 Å². The Balaban J connectivity index is 2.23. The Labute approximate surface area is 106 Å². The van der Waals surface area contributed by atoms with E-state index in [9.17, 15) is 0 Å². The van der Waals surface area contributed by atoms with Gasteiger partial charge in [-0.05, 0) is 18.1 Å². The molecule has 0 fully saturated rings. The van der Waals surface area contributed by atoms with E-state index in [1.165, 1.54) is 12.2 Å². The highest BCUT2D eigenvalue weighted by molar-refractivity contribution is 7.98. The van der Waals surface area contributed by atoms with Crippen LogP contribution in [0.1, 0.15) is 38.6 Å². The van der Waals surface area contributed by atoms with Crippen LogP contribution in [0.3, 0.4) is 0 Å². The maximum Gasteiger partial charge on any atom is 0.205 e. The molecular weight excluding hydrogens is 238 g/mol. The first kappa shape index (κ1) is 13.8. The second-order valence-corrected chi connectivity index (χ2v) is 6.05. The summed E-state index contributed by atoms with van der Waals surface area (Å²) in [6.07, 6.45) is 2.38. The van der Waals surface area contributed by atoms with Crippen LogP contribution in [0.4, 0.5) is 5.13 Å². The molecule has 0 aromatic carbocycles. The van der Waals surface area contributed by atoms with Gasteiger partial charge in [0.2, 0.25) is 5.13 Å². The molecule has 5 heteroatoms. The number of hydrogen-bond donors (Lipinski definition) is 1. The maximum atomic E-state index is 4.18. The fourth-order valence-corrected chi connectivity index (χ4v) is 3.12. The summed E-state index contributed by atoms with van der Waals surface area (Å²) in [5.74, 6) is 3.01. The Morgan fingerprint density at radius 3 is 2.88 bits per heavy atom. The van der Waals surface area contributed by atoms with Crippen LogP contribution < -0.4 is 5.32 Å². The SMILES string of the molecule is CCCNc1nnc(CSCC(C)CC)s1. The van der Waals surface area contributed by atoms with Crippen molar-refractivity contribution in [3.05, 3.63) is 5.01 Å². The smallest absolute Gasteiger partial charge is 0.205 e. The fraction of sp³-hybridized carbons (Fsp3) is 0.818. The molecule has 0 saturated carbocycles. The first-order chi connectivity index (χ1) is 7.76. The van der Waals surface area contributed by atoms with E-state index >= 15 is 0 Å². The Morgan fingerprint density at radius 2 is 2.19 bits per heavy atom. The molecule has 92 valence electrons. The van der Waals surface area contributed by atoms with Gasteiger partial charge in [-0.15, -0.1) is 10.2 Å². The molecule has 1 rings (SSSR count). The molecule has 0 amide bonds. The Hall–Kier alpha value is -0.290. The molecule has 1 aromatic heterocycles. The van der Waals surface area contributed by atoms with Gasteiger partial charge in [-0.3, -0.25) is 0 Å². The molecular formula is C11H21N3S2. The van der Waals surface area contributed by atoms with Gasteiger partial charge in [-0.1, -0.05) is 38.5 Å². The minimum absolute atomic E-state index is 0.801. The van der Waals surface area contributed by atoms with Crippen molar-refractivity contribution in [1.29, 1.82) is 0 Å². The van der Waals surface area contributed by atoms with E-state index in [4.69, 9.17) is 0 Å². The minimum atomic E-state index is 0.801. The van der Waals surface area contributed by atoms with Gasteiger partial charge in [-0.2, -0.15) is 11.8 Å². The highest BCUT2D eigenvalue weighted by Gasteiger charge is 2.04. The molecule has 16 heavy (non-hydrogen) atoms. The summed E-state index contributed by atoms with van der Waals surface area (Å²) >= 11 is 3.63. The van der Waals surface area contributed by atoms with Gasteiger partial charge in [0, 0.05) is 12.3 Å². The second kappa shape index (κ2) is 7.90. The van der Waals surface area contributed by atoms with Crippen molar-refractivity contribution < 1.29 is 0 Å². The van der Waals surface area contributed by atoms with Gasteiger partial charge in [0.15, 0.2) is 0 Å². The monoisotopic (exact) mass is 259 g/mol. The number of nitrogens with one attached hydrogen (secondary N) is 1. The van der Waals surface area contributed by atoms with Crippen molar-refractivity contribution in [3.63, 3.8) is 0 Å². The van der Waals surface area contributed by atoms with Crippen molar-refractivity contribution in [2.45, 2.75) is 39.4 Å². The van der Waals surface area contributed by atoms with E-state index in [1.807, 2.05) is 11.8 Å². The van der Waals surface area contributed by atoms with Crippen molar-refractivity contribution in [1.82, 2.24) is 10.2 Å². The lowest BCUT2D eigenvalue weighted by Gasteiger charge is -2.05. The summed E-state index contributed by atoms with van der Waals surface area (Å²) in [6, 6.07) is 0. The zero-order valence-electron chi connectivity index (χ0n) is 10.3. The van der Waals surface area contributed by atoms with Gasteiger partial charge in [0.1, 0.15) is 5.01 Å². The van der Waals surface area contributed by atoms with E-state index in [0.717, 1.165) is 34.8 Å². The Morgan fingerprint density at radius 1 is 1.38 bits per heavy atom. The molecule has 1 aromatic rings. The Bertz CT molecular complexity index is 289. The second-order valence-electron chi connectivity index (χ2n) is 3.96. The number of rotatable bonds is 8. The lowest BCUT2D eigenvalue weighted by molar-refractivity contribution is 0.637. The molecule has 1 unspecified atom stereocenters. The van der Waals surface area contributed by atoms with E-state index in [2.05, 4.69) is 36.3 Å². The van der Waals surface area contributed by atoms with Crippen LogP contribution in [0, 0.1) is 5.92 Å². The van der Waals surface area contributed by atoms with Gasteiger partial charge in [0.25, 0.3) is 0 Å².